The van der Waals surface area contributed by atoms with Gasteiger partial charge >= 0.3 is 0 Å². The van der Waals surface area contributed by atoms with Gasteiger partial charge in [0.1, 0.15) is 13.1 Å². The molecule has 0 aromatic heterocycles. The summed E-state index contributed by atoms with van der Waals surface area (Å²) in [7, 11) is 8.85. The number of hydrogen-bond acceptors (Lipinski definition) is 4. The van der Waals surface area contributed by atoms with Crippen LogP contribution in [0.2, 0.25) is 0 Å². The van der Waals surface area contributed by atoms with E-state index in [9.17, 15) is 20.4 Å². The van der Waals surface area contributed by atoms with Crippen molar-refractivity contribution in [2.75, 3.05) is 41.3 Å². The lowest BCUT2D eigenvalue weighted by atomic mass is 10.1. The number of phenolic OH excluding ortho intramolecular Hbond substituents is 4. The summed E-state index contributed by atoms with van der Waals surface area (Å²) in [5.41, 5.74) is 2.08. The maximum absolute atomic E-state index is 9.69. The van der Waals surface area contributed by atoms with E-state index >= 15 is 0 Å². The van der Waals surface area contributed by atoms with E-state index in [2.05, 4.69) is 28.2 Å². The van der Waals surface area contributed by atoms with Crippen molar-refractivity contribution in [3.05, 3.63) is 47.5 Å². The molecule has 0 bridgehead atoms. The van der Waals surface area contributed by atoms with Crippen molar-refractivity contribution in [3.8, 4) is 23.0 Å². The molecule has 6 heteroatoms. The Morgan fingerprint density at radius 3 is 1.15 bits per heavy atom. The first-order chi connectivity index (χ1) is 15.5. The third-order valence-electron chi connectivity index (χ3n) is 6.33. The summed E-state index contributed by atoms with van der Waals surface area (Å²) in [6.07, 6.45) is 8.69. The SMILES string of the molecule is C[N+](C)(CCCCCCCCC[N+](C)(C)Cc1ccc(O)c(O)c1)Cc1ccc(O)c(O)c1. The van der Waals surface area contributed by atoms with Crippen molar-refractivity contribution in [1.82, 2.24) is 0 Å². The fraction of sp³-hybridized carbons (Fsp3) is 0.556. The van der Waals surface area contributed by atoms with Crippen LogP contribution >= 0.6 is 0 Å². The number of benzene rings is 2. The number of hydrogen-bond donors (Lipinski definition) is 4. The molecule has 0 aliphatic rings. The Morgan fingerprint density at radius 1 is 0.485 bits per heavy atom. The van der Waals surface area contributed by atoms with Gasteiger partial charge in [-0.1, -0.05) is 19.3 Å². The van der Waals surface area contributed by atoms with Gasteiger partial charge in [-0.05, 0) is 62.1 Å². The lowest BCUT2D eigenvalue weighted by molar-refractivity contribution is -0.903. The smallest absolute Gasteiger partial charge is 0.157 e. The molecule has 6 nitrogen and oxygen atoms in total. The summed E-state index contributed by atoms with van der Waals surface area (Å²) in [5.74, 6) is -0.225. The van der Waals surface area contributed by atoms with E-state index < -0.39 is 0 Å². The van der Waals surface area contributed by atoms with Gasteiger partial charge in [-0.25, -0.2) is 0 Å². The highest BCUT2D eigenvalue weighted by molar-refractivity contribution is 5.40. The van der Waals surface area contributed by atoms with E-state index in [0.29, 0.717) is 0 Å². The maximum Gasteiger partial charge on any atom is 0.157 e. The second-order valence-corrected chi connectivity index (χ2v) is 10.8. The predicted octanol–water partition coefficient (Wildman–Crippen LogP) is 5.09. The van der Waals surface area contributed by atoms with Crippen LogP contribution in [0.25, 0.3) is 0 Å². The van der Waals surface area contributed by atoms with Gasteiger partial charge < -0.3 is 29.4 Å². The van der Waals surface area contributed by atoms with Crippen LogP contribution < -0.4 is 0 Å². The number of phenols is 4. The molecule has 0 aliphatic heterocycles. The summed E-state index contributed by atoms with van der Waals surface area (Å²) in [6, 6.07) is 10.2. The van der Waals surface area contributed by atoms with Crippen molar-refractivity contribution in [1.29, 1.82) is 0 Å². The highest BCUT2D eigenvalue weighted by Crippen LogP contribution is 2.27. The van der Waals surface area contributed by atoms with Crippen LogP contribution in [0.1, 0.15) is 56.1 Å². The van der Waals surface area contributed by atoms with Crippen molar-refractivity contribution in [2.24, 2.45) is 0 Å². The molecule has 0 radical (unpaired) electrons. The quantitative estimate of drug-likeness (QED) is 0.180. The monoisotopic (exact) mass is 460 g/mol. The van der Waals surface area contributed by atoms with Gasteiger partial charge in [0, 0.05) is 11.1 Å². The van der Waals surface area contributed by atoms with E-state index in [4.69, 9.17) is 0 Å². The molecular formula is C27H44N2O4+2. The molecule has 0 saturated heterocycles. The second-order valence-electron chi connectivity index (χ2n) is 10.8. The number of unbranched alkanes of at least 4 members (excludes halogenated alkanes) is 6. The van der Waals surface area contributed by atoms with Crippen LogP contribution in [0, 0.1) is 0 Å². The Hall–Kier alpha value is -2.44. The molecule has 2 aromatic carbocycles. The first-order valence-electron chi connectivity index (χ1n) is 12.1. The van der Waals surface area contributed by atoms with E-state index in [0.717, 1.165) is 46.3 Å². The molecule has 0 saturated carbocycles. The largest absolute Gasteiger partial charge is 0.504 e. The molecule has 0 fully saturated rings. The molecule has 2 aromatic rings. The van der Waals surface area contributed by atoms with E-state index in [1.54, 1.807) is 24.3 Å². The lowest BCUT2D eigenvalue weighted by Gasteiger charge is -2.30. The Balaban J connectivity index is 1.55. The highest BCUT2D eigenvalue weighted by atomic mass is 16.3. The fourth-order valence-corrected chi connectivity index (χ4v) is 4.44. The third kappa shape index (κ3) is 9.93. The average Bonchev–Trinajstić information content (AvgIpc) is 2.71. The Kier molecular flexibility index (Phi) is 9.87. The molecule has 0 aliphatic carbocycles. The standard InChI is InChI=1S/C27H42N2O4/c1-28(2,20-22-12-14-24(30)26(32)18-22)16-10-8-6-5-7-9-11-17-29(3,4)21-23-13-15-25(31)27(33)19-23/h12-15,18-19H,5-11,16-17,20-21H2,1-4H3,(H2-2,30,31,32,33)/p+2. The van der Waals surface area contributed by atoms with Crippen LogP contribution in [-0.4, -0.2) is 70.7 Å². The predicted molar refractivity (Wildman–Crippen MR) is 133 cm³/mol. The fourth-order valence-electron chi connectivity index (χ4n) is 4.44. The summed E-state index contributed by atoms with van der Waals surface area (Å²) >= 11 is 0. The minimum atomic E-state index is -0.0656. The minimum absolute atomic E-state index is 0.0469. The molecule has 0 spiro atoms. The summed E-state index contributed by atoms with van der Waals surface area (Å²) in [4.78, 5) is 0. The van der Waals surface area contributed by atoms with Gasteiger partial charge in [0.15, 0.2) is 23.0 Å². The molecule has 0 unspecified atom stereocenters. The van der Waals surface area contributed by atoms with Gasteiger partial charge in [-0.3, -0.25) is 0 Å². The van der Waals surface area contributed by atoms with Crippen LogP contribution in [0.5, 0.6) is 23.0 Å². The molecule has 2 rings (SSSR count). The summed E-state index contributed by atoms with van der Waals surface area (Å²) in [5, 5.41) is 38.3. The number of nitrogens with zero attached hydrogens (tertiary/aromatic N) is 2. The average molecular weight is 461 g/mol. The van der Waals surface area contributed by atoms with Crippen LogP contribution in [0.4, 0.5) is 0 Å². The van der Waals surface area contributed by atoms with Gasteiger partial charge in [-0.2, -0.15) is 0 Å². The Labute approximate surface area is 199 Å². The number of aromatic hydroxyl groups is 4. The molecule has 4 N–H and O–H groups in total. The van der Waals surface area contributed by atoms with Crippen LogP contribution in [0.15, 0.2) is 36.4 Å². The van der Waals surface area contributed by atoms with Crippen molar-refractivity contribution in [3.63, 3.8) is 0 Å². The molecule has 33 heavy (non-hydrogen) atoms. The number of quaternary nitrogens is 2. The number of rotatable bonds is 14. The zero-order valence-corrected chi connectivity index (χ0v) is 20.9. The molecular weight excluding hydrogens is 416 g/mol. The molecule has 184 valence electrons. The van der Waals surface area contributed by atoms with Crippen LogP contribution in [0.3, 0.4) is 0 Å². The summed E-state index contributed by atoms with van der Waals surface area (Å²) in [6.45, 7) is 3.87. The second kappa shape index (κ2) is 12.1. The van der Waals surface area contributed by atoms with Crippen molar-refractivity contribution >= 4 is 0 Å². The summed E-state index contributed by atoms with van der Waals surface area (Å²) < 4.78 is 1.74. The first-order valence-corrected chi connectivity index (χ1v) is 12.1. The van der Waals surface area contributed by atoms with Crippen LogP contribution in [-0.2, 0) is 13.1 Å². The zero-order chi connectivity index (χ0) is 24.5. The van der Waals surface area contributed by atoms with Gasteiger partial charge in [0.05, 0.1) is 41.3 Å². The third-order valence-corrected chi connectivity index (χ3v) is 6.33. The van der Waals surface area contributed by atoms with Gasteiger partial charge in [-0.15, -0.1) is 0 Å². The van der Waals surface area contributed by atoms with Crippen molar-refractivity contribution in [2.45, 2.75) is 58.0 Å². The molecule has 0 heterocycles. The molecule has 0 amide bonds. The highest BCUT2D eigenvalue weighted by Gasteiger charge is 2.17. The van der Waals surface area contributed by atoms with E-state index in [-0.39, 0.29) is 23.0 Å². The maximum atomic E-state index is 9.69. The lowest BCUT2D eigenvalue weighted by Crippen LogP contribution is -2.39. The normalized spacial score (nSPS) is 12.2. The molecule has 0 atom stereocenters. The van der Waals surface area contributed by atoms with Gasteiger partial charge in [0.2, 0.25) is 0 Å². The Morgan fingerprint density at radius 2 is 0.818 bits per heavy atom. The Bertz CT molecular complexity index is 809. The van der Waals surface area contributed by atoms with E-state index in [1.165, 1.54) is 44.9 Å². The van der Waals surface area contributed by atoms with Crippen molar-refractivity contribution < 1.29 is 29.4 Å². The van der Waals surface area contributed by atoms with E-state index in [1.807, 2.05) is 12.1 Å². The zero-order valence-electron chi connectivity index (χ0n) is 20.9. The van der Waals surface area contributed by atoms with Gasteiger partial charge in [0.25, 0.3) is 0 Å². The topological polar surface area (TPSA) is 80.9 Å². The minimum Gasteiger partial charge on any atom is -0.504 e. The first kappa shape index (κ1) is 26.8.